The summed E-state index contributed by atoms with van der Waals surface area (Å²) in [7, 11) is 1.72. The molecular formula is C13H25N3O. The molecule has 1 aromatic rings. The van der Waals surface area contributed by atoms with Crippen molar-refractivity contribution in [3.63, 3.8) is 0 Å². The highest BCUT2D eigenvalue weighted by atomic mass is 16.5. The van der Waals surface area contributed by atoms with Crippen LogP contribution in [0.2, 0.25) is 0 Å². The first-order chi connectivity index (χ1) is 8.20. The molecule has 0 aliphatic carbocycles. The fraction of sp³-hybridized carbons (Fsp3) is 0.769. The van der Waals surface area contributed by atoms with Crippen LogP contribution in [0.15, 0.2) is 12.5 Å². The molecule has 1 atom stereocenters. The Morgan fingerprint density at radius 2 is 2.24 bits per heavy atom. The number of hydrogen-bond donors (Lipinski definition) is 1. The molecule has 4 heteroatoms. The van der Waals surface area contributed by atoms with E-state index in [2.05, 4.69) is 35.6 Å². The molecule has 0 saturated carbocycles. The number of hydrogen-bond acceptors (Lipinski definition) is 3. The molecule has 1 rings (SSSR count). The summed E-state index contributed by atoms with van der Waals surface area (Å²) in [5, 5.41) is 3.36. The SMILES string of the molecule is CCC(C(C)C)n1cncc1CNCCOC. The molecule has 17 heavy (non-hydrogen) atoms. The summed E-state index contributed by atoms with van der Waals surface area (Å²) in [5.74, 6) is 0.631. The van der Waals surface area contributed by atoms with Gasteiger partial charge in [-0.3, -0.25) is 0 Å². The number of imidazole rings is 1. The van der Waals surface area contributed by atoms with Gasteiger partial charge in [-0.25, -0.2) is 4.98 Å². The second kappa shape index (κ2) is 7.45. The average Bonchev–Trinajstić information content (AvgIpc) is 2.73. The Bertz CT molecular complexity index is 309. The van der Waals surface area contributed by atoms with Gasteiger partial charge in [0, 0.05) is 32.4 Å². The molecule has 0 saturated heterocycles. The second-order valence-electron chi connectivity index (χ2n) is 4.68. The van der Waals surface area contributed by atoms with Crippen molar-refractivity contribution in [3.8, 4) is 0 Å². The molecule has 0 bridgehead atoms. The lowest BCUT2D eigenvalue weighted by molar-refractivity contribution is 0.198. The molecule has 0 aliphatic heterocycles. The van der Waals surface area contributed by atoms with Crippen molar-refractivity contribution in [2.75, 3.05) is 20.3 Å². The van der Waals surface area contributed by atoms with Crippen LogP contribution in [-0.2, 0) is 11.3 Å². The maximum atomic E-state index is 5.01. The Labute approximate surface area is 104 Å². The minimum absolute atomic E-state index is 0.539. The van der Waals surface area contributed by atoms with E-state index in [9.17, 15) is 0 Å². The third-order valence-electron chi connectivity index (χ3n) is 3.08. The van der Waals surface area contributed by atoms with Gasteiger partial charge in [-0.05, 0) is 12.3 Å². The Hall–Kier alpha value is -0.870. The molecular weight excluding hydrogens is 214 g/mol. The van der Waals surface area contributed by atoms with Crippen LogP contribution in [0, 0.1) is 5.92 Å². The van der Waals surface area contributed by atoms with Crippen molar-refractivity contribution >= 4 is 0 Å². The highest BCUT2D eigenvalue weighted by molar-refractivity contribution is 5.00. The molecule has 1 N–H and O–H groups in total. The Balaban J connectivity index is 2.58. The van der Waals surface area contributed by atoms with E-state index in [4.69, 9.17) is 4.74 Å². The summed E-state index contributed by atoms with van der Waals surface area (Å²) < 4.78 is 7.31. The molecule has 0 amide bonds. The molecule has 0 aromatic carbocycles. The van der Waals surface area contributed by atoms with Crippen LogP contribution >= 0.6 is 0 Å². The van der Waals surface area contributed by atoms with E-state index in [-0.39, 0.29) is 0 Å². The molecule has 1 aromatic heterocycles. The van der Waals surface area contributed by atoms with Crippen LogP contribution in [0.1, 0.15) is 38.9 Å². The van der Waals surface area contributed by atoms with Crippen LogP contribution < -0.4 is 5.32 Å². The zero-order valence-electron chi connectivity index (χ0n) is 11.4. The van der Waals surface area contributed by atoms with E-state index >= 15 is 0 Å². The van der Waals surface area contributed by atoms with Crippen LogP contribution in [0.5, 0.6) is 0 Å². The molecule has 4 nitrogen and oxygen atoms in total. The smallest absolute Gasteiger partial charge is 0.0951 e. The first-order valence-corrected chi connectivity index (χ1v) is 6.41. The van der Waals surface area contributed by atoms with Crippen molar-refractivity contribution < 1.29 is 4.74 Å². The Morgan fingerprint density at radius 1 is 1.47 bits per heavy atom. The topological polar surface area (TPSA) is 39.1 Å². The molecule has 1 heterocycles. The van der Waals surface area contributed by atoms with E-state index in [1.807, 2.05) is 12.5 Å². The van der Waals surface area contributed by atoms with Crippen molar-refractivity contribution in [2.24, 2.45) is 5.92 Å². The molecule has 0 aliphatic rings. The third kappa shape index (κ3) is 4.13. The van der Waals surface area contributed by atoms with Crippen molar-refractivity contribution in [1.82, 2.24) is 14.9 Å². The third-order valence-corrected chi connectivity index (χ3v) is 3.08. The summed E-state index contributed by atoms with van der Waals surface area (Å²) in [4.78, 5) is 4.26. The summed E-state index contributed by atoms with van der Waals surface area (Å²) in [6, 6.07) is 0.539. The van der Waals surface area contributed by atoms with Gasteiger partial charge in [-0.2, -0.15) is 0 Å². The number of aromatic nitrogens is 2. The maximum absolute atomic E-state index is 5.01. The molecule has 98 valence electrons. The van der Waals surface area contributed by atoms with Crippen molar-refractivity contribution in [3.05, 3.63) is 18.2 Å². The normalized spacial score (nSPS) is 13.2. The lowest BCUT2D eigenvalue weighted by atomic mass is 10.0. The zero-order chi connectivity index (χ0) is 12.7. The number of rotatable bonds is 8. The van der Waals surface area contributed by atoms with E-state index in [1.54, 1.807) is 7.11 Å². The number of ether oxygens (including phenoxy) is 1. The molecule has 1 unspecified atom stereocenters. The van der Waals surface area contributed by atoms with Gasteiger partial charge < -0.3 is 14.6 Å². The average molecular weight is 239 g/mol. The van der Waals surface area contributed by atoms with Gasteiger partial charge in [0.1, 0.15) is 0 Å². The molecule has 0 radical (unpaired) electrons. The van der Waals surface area contributed by atoms with E-state index in [0.717, 1.165) is 26.1 Å². The van der Waals surface area contributed by atoms with E-state index < -0.39 is 0 Å². The maximum Gasteiger partial charge on any atom is 0.0951 e. The van der Waals surface area contributed by atoms with E-state index in [0.29, 0.717) is 12.0 Å². The fourth-order valence-electron chi connectivity index (χ4n) is 2.15. The number of nitrogens with one attached hydrogen (secondary N) is 1. The van der Waals surface area contributed by atoms with Crippen LogP contribution in [0.25, 0.3) is 0 Å². The molecule has 0 spiro atoms. The van der Waals surface area contributed by atoms with Gasteiger partial charge in [-0.1, -0.05) is 20.8 Å². The van der Waals surface area contributed by atoms with Gasteiger partial charge in [-0.15, -0.1) is 0 Å². The monoisotopic (exact) mass is 239 g/mol. The standard InChI is InChI=1S/C13H25N3O/c1-5-13(11(2)3)16-10-15-9-12(16)8-14-6-7-17-4/h9-11,13-14H,5-8H2,1-4H3. The highest BCUT2D eigenvalue weighted by Crippen LogP contribution is 2.22. The van der Waals surface area contributed by atoms with Crippen molar-refractivity contribution in [2.45, 2.75) is 39.8 Å². The van der Waals surface area contributed by atoms with Gasteiger partial charge in [0.05, 0.1) is 18.6 Å². The summed E-state index contributed by atoms with van der Waals surface area (Å²) in [6.45, 7) is 9.22. The predicted molar refractivity (Wildman–Crippen MR) is 70.0 cm³/mol. The minimum Gasteiger partial charge on any atom is -0.383 e. The van der Waals surface area contributed by atoms with E-state index in [1.165, 1.54) is 5.69 Å². The van der Waals surface area contributed by atoms with Crippen LogP contribution in [0.4, 0.5) is 0 Å². The lowest BCUT2D eigenvalue weighted by Gasteiger charge is -2.23. The fourth-order valence-corrected chi connectivity index (χ4v) is 2.15. The van der Waals surface area contributed by atoms with Gasteiger partial charge in [0.2, 0.25) is 0 Å². The minimum atomic E-state index is 0.539. The summed E-state index contributed by atoms with van der Waals surface area (Å²) >= 11 is 0. The van der Waals surface area contributed by atoms with Crippen LogP contribution in [0.3, 0.4) is 0 Å². The van der Waals surface area contributed by atoms with Crippen molar-refractivity contribution in [1.29, 1.82) is 0 Å². The van der Waals surface area contributed by atoms with Gasteiger partial charge in [0.15, 0.2) is 0 Å². The predicted octanol–water partition coefficient (Wildman–Crippen LogP) is 2.23. The van der Waals surface area contributed by atoms with Crippen LogP contribution in [-0.4, -0.2) is 29.8 Å². The Kier molecular flexibility index (Phi) is 6.22. The summed E-state index contributed by atoms with van der Waals surface area (Å²) in [6.07, 6.45) is 5.03. The number of methoxy groups -OCH3 is 1. The lowest BCUT2D eigenvalue weighted by Crippen LogP contribution is -2.23. The highest BCUT2D eigenvalue weighted by Gasteiger charge is 2.15. The zero-order valence-corrected chi connectivity index (χ0v) is 11.4. The second-order valence-corrected chi connectivity index (χ2v) is 4.68. The first kappa shape index (κ1) is 14.2. The van der Waals surface area contributed by atoms with Gasteiger partial charge in [0.25, 0.3) is 0 Å². The van der Waals surface area contributed by atoms with Gasteiger partial charge >= 0.3 is 0 Å². The summed E-state index contributed by atoms with van der Waals surface area (Å²) in [5.41, 5.74) is 1.25. The largest absolute Gasteiger partial charge is 0.383 e. The Morgan fingerprint density at radius 3 is 2.82 bits per heavy atom. The first-order valence-electron chi connectivity index (χ1n) is 6.41. The molecule has 0 fully saturated rings. The quantitative estimate of drug-likeness (QED) is 0.707. The number of nitrogens with zero attached hydrogens (tertiary/aromatic N) is 2.